The summed E-state index contributed by atoms with van der Waals surface area (Å²) in [5.41, 5.74) is 15.8. The quantitative estimate of drug-likeness (QED) is 0.284. The molecule has 0 aromatic rings. The lowest BCUT2D eigenvalue weighted by molar-refractivity contribution is 0.588. The number of hydrogen-bond donors (Lipinski definition) is 0. The minimum atomic E-state index is -3.78. The lowest BCUT2D eigenvalue weighted by atomic mass is 10.3. The molecule has 0 aromatic heterocycles. The second kappa shape index (κ2) is 6.97. The van der Waals surface area contributed by atoms with Crippen LogP contribution in [-0.4, -0.2) is 28.3 Å². The van der Waals surface area contributed by atoms with Crippen LogP contribution in [0.3, 0.4) is 0 Å². The topological polar surface area (TPSA) is 166 Å². The van der Waals surface area contributed by atoms with Crippen LogP contribution in [0.2, 0.25) is 0 Å². The molecule has 0 aromatic carbocycles. The van der Waals surface area contributed by atoms with Gasteiger partial charge in [-0.25, -0.2) is 16.8 Å². The molecule has 0 saturated heterocycles. The minimum Gasteiger partial charge on any atom is -0.221 e. The Morgan fingerprint density at radius 3 is 1.41 bits per heavy atom. The van der Waals surface area contributed by atoms with Gasteiger partial charge >= 0.3 is 0 Å². The van der Waals surface area contributed by atoms with E-state index in [2.05, 4.69) is 18.9 Å². The Morgan fingerprint density at radius 1 is 0.765 bits per heavy atom. The van der Waals surface area contributed by atoms with Gasteiger partial charge in [-0.15, -0.1) is 0 Å². The number of azide groups is 2. The summed E-state index contributed by atoms with van der Waals surface area (Å²) in [6.45, 7) is 0. The van der Waals surface area contributed by atoms with E-state index in [-0.39, 0.29) is 24.3 Å². The molecule has 0 radical (unpaired) electrons. The van der Waals surface area contributed by atoms with Crippen molar-refractivity contribution in [1.82, 2.24) is 0 Å². The van der Waals surface area contributed by atoms with Gasteiger partial charge in [0.05, 0.1) is 11.5 Å². The molecule has 0 aliphatic rings. The van der Waals surface area contributed by atoms with Gasteiger partial charge in [0.1, 0.15) is 0 Å². The van der Waals surface area contributed by atoms with Gasteiger partial charge in [0, 0.05) is 18.9 Å². The van der Waals surface area contributed by atoms with Crippen molar-refractivity contribution in [3.05, 3.63) is 20.9 Å². The Bertz CT molecular complexity index is 489. The average Bonchev–Trinajstić information content (AvgIpc) is 2.16. The molecule has 0 amide bonds. The average molecular weight is 282 g/mol. The van der Waals surface area contributed by atoms with E-state index in [9.17, 15) is 16.8 Å². The van der Waals surface area contributed by atoms with Gasteiger partial charge < -0.3 is 0 Å². The highest BCUT2D eigenvalue weighted by atomic mass is 32.2. The smallest absolute Gasteiger partial charge is 0.221 e. The highest BCUT2D eigenvalue weighted by Crippen LogP contribution is 2.05. The van der Waals surface area contributed by atoms with Crippen molar-refractivity contribution in [2.45, 2.75) is 19.3 Å². The number of rotatable bonds is 8. The second-order valence-electron chi connectivity index (χ2n) is 2.97. The van der Waals surface area contributed by atoms with E-state index in [1.807, 2.05) is 0 Å². The number of hydrogen-bond acceptors (Lipinski definition) is 4. The third-order valence-corrected chi connectivity index (χ3v) is 3.88. The first-order chi connectivity index (χ1) is 7.83. The maximum Gasteiger partial charge on any atom is 0.235 e. The van der Waals surface area contributed by atoms with Crippen LogP contribution in [0.1, 0.15) is 19.3 Å². The van der Waals surface area contributed by atoms with Crippen molar-refractivity contribution in [1.29, 1.82) is 0 Å². The van der Waals surface area contributed by atoms with E-state index in [0.717, 1.165) is 0 Å². The van der Waals surface area contributed by atoms with Crippen molar-refractivity contribution in [3.8, 4) is 0 Å². The van der Waals surface area contributed by atoms with Crippen LogP contribution in [0.15, 0.2) is 9.04 Å². The monoisotopic (exact) mass is 282 g/mol. The first-order valence-electron chi connectivity index (χ1n) is 4.41. The summed E-state index contributed by atoms with van der Waals surface area (Å²) in [5, 5.41) is 0. The Balaban J connectivity index is 3.97. The summed E-state index contributed by atoms with van der Waals surface area (Å²) in [6.07, 6.45) is 0.653. The molecular formula is C5H10N6O4S2. The van der Waals surface area contributed by atoms with Crippen LogP contribution in [0, 0.1) is 0 Å². The normalized spacial score (nSPS) is 11.3. The molecule has 0 aliphatic carbocycles. The largest absolute Gasteiger partial charge is 0.235 e. The predicted molar refractivity (Wildman–Crippen MR) is 59.7 cm³/mol. The van der Waals surface area contributed by atoms with E-state index in [1.165, 1.54) is 0 Å². The zero-order chi connectivity index (χ0) is 13.4. The fourth-order valence-corrected chi connectivity index (χ4v) is 2.46. The summed E-state index contributed by atoms with van der Waals surface area (Å²) < 4.78 is 48.8. The molecule has 0 N–H and O–H groups in total. The zero-order valence-electron chi connectivity index (χ0n) is 8.67. The van der Waals surface area contributed by atoms with Gasteiger partial charge in [-0.1, -0.05) is 6.42 Å². The van der Waals surface area contributed by atoms with Crippen LogP contribution in [0.25, 0.3) is 20.9 Å². The van der Waals surface area contributed by atoms with Crippen LogP contribution >= 0.6 is 0 Å². The van der Waals surface area contributed by atoms with Crippen LogP contribution in [0.5, 0.6) is 0 Å². The zero-order valence-corrected chi connectivity index (χ0v) is 10.3. The molecule has 0 saturated carbocycles. The van der Waals surface area contributed by atoms with Crippen molar-refractivity contribution >= 4 is 20.0 Å². The number of sulfonamides is 2. The summed E-state index contributed by atoms with van der Waals surface area (Å²) in [6, 6.07) is 0. The van der Waals surface area contributed by atoms with E-state index < -0.39 is 20.0 Å². The van der Waals surface area contributed by atoms with Crippen molar-refractivity contribution < 1.29 is 16.8 Å². The summed E-state index contributed by atoms with van der Waals surface area (Å²) in [5.74, 6) is -0.669. The third kappa shape index (κ3) is 8.34. The second-order valence-corrected chi connectivity index (χ2v) is 6.45. The van der Waals surface area contributed by atoms with E-state index in [4.69, 9.17) is 11.1 Å². The highest BCUT2D eigenvalue weighted by molar-refractivity contribution is 7.90. The molecule has 96 valence electrons. The standard InChI is InChI=1S/C5H10N6O4S2/c6-8-10-16(12,13)4-2-1-3-5-17(14,15)11-9-7/h1-5H2. The third-order valence-electron chi connectivity index (χ3n) is 1.63. The van der Waals surface area contributed by atoms with E-state index in [0.29, 0.717) is 6.42 Å². The molecule has 0 bridgehead atoms. The predicted octanol–water partition coefficient (Wildman–Crippen LogP) is 1.44. The lowest BCUT2D eigenvalue weighted by Gasteiger charge is -1.98. The molecule has 0 rings (SSSR count). The lowest BCUT2D eigenvalue weighted by Crippen LogP contribution is -2.04. The molecule has 0 atom stereocenters. The van der Waals surface area contributed by atoms with Crippen molar-refractivity contribution in [2.75, 3.05) is 11.5 Å². The molecule has 0 fully saturated rings. The first kappa shape index (κ1) is 15.5. The fraction of sp³-hybridized carbons (Fsp3) is 1.00. The highest BCUT2D eigenvalue weighted by Gasteiger charge is 2.09. The Hall–Kier alpha value is -1.48. The maximum absolute atomic E-state index is 10.9. The van der Waals surface area contributed by atoms with Crippen LogP contribution in [-0.2, 0) is 20.0 Å². The summed E-state index contributed by atoms with van der Waals surface area (Å²) >= 11 is 0. The van der Waals surface area contributed by atoms with Gasteiger partial charge in [-0.05, 0) is 23.9 Å². The van der Waals surface area contributed by atoms with E-state index in [1.54, 1.807) is 0 Å². The number of unbranched alkanes of at least 4 members (excludes halogenated alkanes) is 2. The first-order valence-corrected chi connectivity index (χ1v) is 7.63. The van der Waals surface area contributed by atoms with Crippen molar-refractivity contribution in [3.63, 3.8) is 0 Å². The molecule has 12 heteroatoms. The molecule has 17 heavy (non-hydrogen) atoms. The molecule has 0 aliphatic heterocycles. The molecule has 10 nitrogen and oxygen atoms in total. The summed E-state index contributed by atoms with van der Waals surface area (Å²) in [4.78, 5) is 4.31. The van der Waals surface area contributed by atoms with Gasteiger partial charge in [-0.3, -0.25) is 0 Å². The van der Waals surface area contributed by atoms with Gasteiger partial charge in [-0.2, -0.15) is 0 Å². The Labute approximate surface area is 98.0 Å². The molecule has 0 unspecified atom stereocenters. The maximum atomic E-state index is 10.9. The number of nitrogens with zero attached hydrogens (tertiary/aromatic N) is 6. The van der Waals surface area contributed by atoms with E-state index >= 15 is 0 Å². The summed E-state index contributed by atoms with van der Waals surface area (Å²) in [7, 11) is -7.56. The molecule has 0 heterocycles. The molecular weight excluding hydrogens is 272 g/mol. The van der Waals surface area contributed by atoms with Gasteiger partial charge in [0.15, 0.2) is 0 Å². The Morgan fingerprint density at radius 2 is 1.12 bits per heavy atom. The van der Waals surface area contributed by atoms with Gasteiger partial charge in [0.2, 0.25) is 20.0 Å². The Kier molecular flexibility index (Phi) is 6.36. The van der Waals surface area contributed by atoms with Gasteiger partial charge in [0.25, 0.3) is 0 Å². The van der Waals surface area contributed by atoms with Crippen LogP contribution in [0.4, 0.5) is 0 Å². The minimum absolute atomic E-state index is 0.174. The molecule has 0 spiro atoms. The SMILES string of the molecule is [N-]=[N+]=NS(=O)(=O)CCCCCS(=O)(=O)N=[N+]=[N-]. The fourth-order valence-electron chi connectivity index (χ4n) is 0.939. The van der Waals surface area contributed by atoms with Crippen LogP contribution < -0.4 is 0 Å². The van der Waals surface area contributed by atoms with Crippen molar-refractivity contribution in [2.24, 2.45) is 9.04 Å².